The lowest BCUT2D eigenvalue weighted by molar-refractivity contribution is -0.116. The number of hydrogen-bond acceptors (Lipinski definition) is 5. The first kappa shape index (κ1) is 16.0. The number of aromatic nitrogens is 1. The summed E-state index contributed by atoms with van der Waals surface area (Å²) in [6, 6.07) is 7.74. The molecule has 0 saturated carbocycles. The first-order chi connectivity index (χ1) is 10.5. The number of hydrogen-bond donors (Lipinski definition) is 2. The largest absolute Gasteiger partial charge is 0.494 e. The topological polar surface area (TPSA) is 94.3 Å². The maximum atomic E-state index is 11.7. The Balaban J connectivity index is 1.69. The van der Waals surface area contributed by atoms with E-state index >= 15 is 0 Å². The van der Waals surface area contributed by atoms with Gasteiger partial charge in [0.25, 0.3) is 5.91 Å². The maximum Gasteiger partial charge on any atom is 0.260 e. The van der Waals surface area contributed by atoms with Gasteiger partial charge in [-0.05, 0) is 25.5 Å². The van der Waals surface area contributed by atoms with Crippen molar-refractivity contribution in [3.63, 3.8) is 0 Å². The van der Waals surface area contributed by atoms with Crippen LogP contribution in [0.1, 0.15) is 28.1 Å². The molecule has 0 aliphatic carbocycles. The van der Waals surface area contributed by atoms with Crippen molar-refractivity contribution >= 4 is 28.3 Å². The molecule has 6 nitrogen and oxygen atoms in total. The van der Waals surface area contributed by atoms with Gasteiger partial charge in [0, 0.05) is 6.42 Å². The molecule has 3 N–H and O–H groups in total. The minimum absolute atomic E-state index is 0.169. The molecular formula is C15H17N3O3S. The highest BCUT2D eigenvalue weighted by atomic mass is 32.1. The van der Waals surface area contributed by atoms with E-state index < -0.39 is 5.91 Å². The van der Waals surface area contributed by atoms with E-state index in [0.717, 1.165) is 17.1 Å². The van der Waals surface area contributed by atoms with Crippen LogP contribution in [0.3, 0.4) is 0 Å². The average molecular weight is 319 g/mol. The predicted octanol–water partition coefficient (Wildman–Crippen LogP) is 2.35. The van der Waals surface area contributed by atoms with E-state index in [1.807, 2.05) is 31.2 Å². The Labute approximate surface area is 132 Å². The lowest BCUT2D eigenvalue weighted by Crippen LogP contribution is -2.12. The van der Waals surface area contributed by atoms with Crippen molar-refractivity contribution in [1.82, 2.24) is 4.98 Å². The van der Waals surface area contributed by atoms with Crippen molar-refractivity contribution in [3.05, 3.63) is 40.9 Å². The Bertz CT molecular complexity index is 652. The van der Waals surface area contributed by atoms with E-state index in [0.29, 0.717) is 29.5 Å². The van der Waals surface area contributed by atoms with Crippen LogP contribution in [0.25, 0.3) is 0 Å². The molecular weight excluding hydrogens is 302 g/mol. The van der Waals surface area contributed by atoms with E-state index in [9.17, 15) is 9.59 Å². The summed E-state index contributed by atoms with van der Waals surface area (Å²) in [5, 5.41) is 3.00. The number of ether oxygens (including phenoxy) is 1. The Morgan fingerprint density at radius 3 is 2.68 bits per heavy atom. The number of anilines is 1. The molecule has 1 aromatic carbocycles. The van der Waals surface area contributed by atoms with Gasteiger partial charge in [-0.25, -0.2) is 4.98 Å². The van der Waals surface area contributed by atoms with Gasteiger partial charge >= 0.3 is 0 Å². The molecule has 0 unspecified atom stereocenters. The van der Waals surface area contributed by atoms with E-state index in [2.05, 4.69) is 10.3 Å². The molecule has 0 aliphatic rings. The molecule has 0 atom stereocenters. The SMILES string of the molecule is Cc1ccc(OCCCC(=O)Nc2ncc(C(N)=O)s2)cc1. The van der Waals surface area contributed by atoms with Crippen LogP contribution in [0, 0.1) is 6.92 Å². The molecule has 2 rings (SSSR count). The normalized spacial score (nSPS) is 10.2. The fourth-order valence-electron chi connectivity index (χ4n) is 1.68. The summed E-state index contributed by atoms with van der Waals surface area (Å²) in [6.45, 7) is 2.47. The third-order valence-corrected chi connectivity index (χ3v) is 3.76. The highest BCUT2D eigenvalue weighted by Crippen LogP contribution is 2.17. The smallest absolute Gasteiger partial charge is 0.260 e. The summed E-state index contributed by atoms with van der Waals surface area (Å²) in [5.74, 6) is 0.0689. The fraction of sp³-hybridized carbons (Fsp3) is 0.267. The maximum absolute atomic E-state index is 11.7. The summed E-state index contributed by atoms with van der Waals surface area (Å²) in [5.41, 5.74) is 6.29. The predicted molar refractivity (Wildman–Crippen MR) is 85.2 cm³/mol. The zero-order chi connectivity index (χ0) is 15.9. The van der Waals surface area contributed by atoms with Crippen LogP contribution in [0.15, 0.2) is 30.5 Å². The molecule has 0 bridgehead atoms. The number of benzene rings is 1. The molecule has 22 heavy (non-hydrogen) atoms. The molecule has 2 aromatic rings. The van der Waals surface area contributed by atoms with Crippen molar-refractivity contribution in [2.45, 2.75) is 19.8 Å². The number of amides is 2. The van der Waals surface area contributed by atoms with E-state index in [1.165, 1.54) is 11.8 Å². The van der Waals surface area contributed by atoms with Crippen LogP contribution in [0.5, 0.6) is 5.75 Å². The number of aryl methyl sites for hydroxylation is 1. The van der Waals surface area contributed by atoms with Crippen molar-refractivity contribution < 1.29 is 14.3 Å². The minimum Gasteiger partial charge on any atom is -0.494 e. The van der Waals surface area contributed by atoms with Crippen LogP contribution in [-0.4, -0.2) is 23.4 Å². The number of nitrogens with two attached hydrogens (primary N) is 1. The lowest BCUT2D eigenvalue weighted by Gasteiger charge is -2.06. The number of thiazole rings is 1. The van der Waals surface area contributed by atoms with Crippen LogP contribution in [0.2, 0.25) is 0 Å². The van der Waals surface area contributed by atoms with Gasteiger partial charge < -0.3 is 15.8 Å². The third-order valence-electron chi connectivity index (χ3n) is 2.83. The molecule has 0 fully saturated rings. The molecule has 7 heteroatoms. The molecule has 0 spiro atoms. The summed E-state index contributed by atoms with van der Waals surface area (Å²) in [4.78, 5) is 26.9. The minimum atomic E-state index is -0.551. The van der Waals surface area contributed by atoms with Gasteiger partial charge in [-0.15, -0.1) is 0 Å². The van der Waals surface area contributed by atoms with Crippen LogP contribution < -0.4 is 15.8 Å². The number of nitrogens with zero attached hydrogens (tertiary/aromatic N) is 1. The van der Waals surface area contributed by atoms with E-state index in [1.54, 1.807) is 0 Å². The van der Waals surface area contributed by atoms with Gasteiger partial charge in [0.1, 0.15) is 10.6 Å². The van der Waals surface area contributed by atoms with Crippen molar-refractivity contribution in [2.75, 3.05) is 11.9 Å². The van der Waals surface area contributed by atoms with Crippen molar-refractivity contribution in [2.24, 2.45) is 5.73 Å². The molecule has 2 amide bonds. The lowest BCUT2D eigenvalue weighted by atomic mass is 10.2. The van der Waals surface area contributed by atoms with Crippen LogP contribution in [0.4, 0.5) is 5.13 Å². The van der Waals surface area contributed by atoms with Crippen LogP contribution in [-0.2, 0) is 4.79 Å². The highest BCUT2D eigenvalue weighted by molar-refractivity contribution is 7.17. The standard InChI is InChI=1S/C15H17N3O3S/c1-10-4-6-11(7-5-10)21-8-2-3-13(19)18-15-17-9-12(22-15)14(16)20/h4-7,9H,2-3,8H2,1H3,(H2,16,20)(H,17,18,19). The Hall–Kier alpha value is -2.41. The van der Waals surface area contributed by atoms with E-state index in [-0.39, 0.29) is 5.91 Å². The number of carbonyl (C=O) groups is 2. The second kappa shape index (κ2) is 7.56. The molecule has 0 aliphatic heterocycles. The van der Waals surface area contributed by atoms with Crippen LogP contribution >= 0.6 is 11.3 Å². The summed E-state index contributed by atoms with van der Waals surface area (Å²) in [7, 11) is 0. The first-order valence-corrected chi connectivity index (χ1v) is 7.61. The summed E-state index contributed by atoms with van der Waals surface area (Å²) in [6.07, 6.45) is 2.26. The number of primary amides is 1. The van der Waals surface area contributed by atoms with Gasteiger partial charge in [-0.2, -0.15) is 0 Å². The van der Waals surface area contributed by atoms with Gasteiger partial charge in [0.05, 0.1) is 12.8 Å². The Kier molecular flexibility index (Phi) is 5.48. The van der Waals surface area contributed by atoms with E-state index in [4.69, 9.17) is 10.5 Å². The molecule has 1 aromatic heterocycles. The van der Waals surface area contributed by atoms with Crippen molar-refractivity contribution in [1.29, 1.82) is 0 Å². The van der Waals surface area contributed by atoms with Gasteiger partial charge in [-0.3, -0.25) is 9.59 Å². The summed E-state index contributed by atoms with van der Waals surface area (Å²) >= 11 is 1.06. The second-order valence-electron chi connectivity index (χ2n) is 4.71. The molecule has 0 radical (unpaired) electrons. The second-order valence-corrected chi connectivity index (χ2v) is 5.74. The highest BCUT2D eigenvalue weighted by Gasteiger charge is 2.09. The average Bonchev–Trinajstić information content (AvgIpc) is 2.94. The monoisotopic (exact) mass is 319 g/mol. The first-order valence-electron chi connectivity index (χ1n) is 6.79. The number of carbonyl (C=O) groups excluding carboxylic acids is 2. The fourth-order valence-corrected chi connectivity index (χ4v) is 2.37. The van der Waals surface area contributed by atoms with Gasteiger partial charge in [0.2, 0.25) is 5.91 Å². The molecule has 116 valence electrons. The van der Waals surface area contributed by atoms with Gasteiger partial charge in [0.15, 0.2) is 5.13 Å². The zero-order valence-corrected chi connectivity index (χ0v) is 13.0. The number of nitrogens with one attached hydrogen (secondary N) is 1. The Morgan fingerprint density at radius 2 is 2.05 bits per heavy atom. The van der Waals surface area contributed by atoms with Gasteiger partial charge in [-0.1, -0.05) is 29.0 Å². The number of rotatable bonds is 7. The quantitative estimate of drug-likeness (QED) is 0.766. The molecule has 1 heterocycles. The zero-order valence-electron chi connectivity index (χ0n) is 12.2. The third kappa shape index (κ3) is 4.85. The Morgan fingerprint density at radius 1 is 1.32 bits per heavy atom. The summed E-state index contributed by atoms with van der Waals surface area (Å²) < 4.78 is 5.54. The molecule has 0 saturated heterocycles. The van der Waals surface area contributed by atoms with Crippen molar-refractivity contribution in [3.8, 4) is 5.75 Å².